The van der Waals surface area contributed by atoms with Gasteiger partial charge in [0.15, 0.2) is 5.13 Å². The van der Waals surface area contributed by atoms with Gasteiger partial charge in [-0.15, -0.1) is 11.3 Å². The van der Waals surface area contributed by atoms with E-state index in [1.807, 2.05) is 6.07 Å². The zero-order valence-electron chi connectivity index (χ0n) is 15.3. The Kier molecular flexibility index (Phi) is 6.36. The minimum atomic E-state index is -4.10. The lowest BCUT2D eigenvalue weighted by Crippen LogP contribution is -2.29. The first-order chi connectivity index (χ1) is 13.8. The number of anilines is 1. The summed E-state index contributed by atoms with van der Waals surface area (Å²) in [6.07, 6.45) is 0.684. The lowest BCUT2D eigenvalue weighted by molar-refractivity contribution is -0.131. The third-order valence-electron chi connectivity index (χ3n) is 4.11. The van der Waals surface area contributed by atoms with Crippen molar-refractivity contribution < 1.29 is 18.3 Å². The number of rotatable bonds is 7. The first kappa shape index (κ1) is 21.0. The van der Waals surface area contributed by atoms with E-state index in [-0.39, 0.29) is 16.5 Å². The first-order valence-electron chi connectivity index (χ1n) is 8.46. The molecule has 9 heteroatoms. The van der Waals surface area contributed by atoms with Crippen molar-refractivity contribution in [1.29, 1.82) is 0 Å². The summed E-state index contributed by atoms with van der Waals surface area (Å²) in [4.78, 5) is 15.4. The summed E-state index contributed by atoms with van der Waals surface area (Å²) in [7, 11) is -2.75. The highest BCUT2D eigenvalue weighted by Crippen LogP contribution is 2.33. The zero-order valence-corrected chi connectivity index (χ0v) is 17.7. The maximum atomic E-state index is 13.1. The highest BCUT2D eigenvalue weighted by atomic mass is 35.5. The zero-order chi connectivity index (χ0) is 21.0. The molecule has 0 aliphatic carbocycles. The molecule has 0 spiro atoms. The Hall–Kier alpha value is -2.68. The van der Waals surface area contributed by atoms with E-state index in [2.05, 4.69) is 4.98 Å². The van der Waals surface area contributed by atoms with E-state index in [1.54, 1.807) is 53.9 Å². The van der Waals surface area contributed by atoms with Crippen LogP contribution in [0.3, 0.4) is 0 Å². The number of carboxylic acids is 1. The van der Waals surface area contributed by atoms with Gasteiger partial charge in [0.2, 0.25) is 0 Å². The molecular formula is C20H17ClN2O4S2. The quantitative estimate of drug-likeness (QED) is 0.540. The van der Waals surface area contributed by atoms with Crippen molar-refractivity contribution in [3.8, 4) is 11.3 Å². The van der Waals surface area contributed by atoms with Gasteiger partial charge in [0, 0.05) is 35.5 Å². The number of carbonyl (C=O) groups is 1. The van der Waals surface area contributed by atoms with Crippen LogP contribution in [0.5, 0.6) is 0 Å². The lowest BCUT2D eigenvalue weighted by Gasteiger charge is -2.18. The number of allylic oxidation sites excluding steroid dienone is 1. The van der Waals surface area contributed by atoms with Gasteiger partial charge in [-0.3, -0.25) is 0 Å². The second kappa shape index (κ2) is 8.77. The average Bonchev–Trinajstić information content (AvgIpc) is 3.17. The summed E-state index contributed by atoms with van der Waals surface area (Å²) in [6.45, 7) is 0. The number of sulfonamides is 1. The van der Waals surface area contributed by atoms with Crippen LogP contribution in [0.4, 0.5) is 5.13 Å². The number of carboxylic acid groups (broad SMARTS) is 1. The molecule has 0 fully saturated rings. The van der Waals surface area contributed by atoms with Crippen molar-refractivity contribution in [2.75, 3.05) is 11.4 Å². The van der Waals surface area contributed by atoms with E-state index in [1.165, 1.54) is 7.05 Å². The van der Waals surface area contributed by atoms with Gasteiger partial charge < -0.3 is 5.11 Å². The molecule has 0 radical (unpaired) electrons. The van der Waals surface area contributed by atoms with E-state index >= 15 is 0 Å². The molecule has 150 valence electrons. The molecule has 6 nitrogen and oxygen atoms in total. The average molecular weight is 449 g/mol. The van der Waals surface area contributed by atoms with Crippen LogP contribution >= 0.6 is 22.9 Å². The minimum absolute atomic E-state index is 0.0391. The van der Waals surface area contributed by atoms with Crippen LogP contribution in [0.1, 0.15) is 5.56 Å². The van der Waals surface area contributed by atoms with Crippen LogP contribution in [0.2, 0.25) is 5.02 Å². The first-order valence-corrected chi connectivity index (χ1v) is 11.2. The highest BCUT2D eigenvalue weighted by molar-refractivity contribution is 7.96. The number of thiazole rings is 1. The number of aromatic nitrogens is 1. The summed E-state index contributed by atoms with van der Waals surface area (Å²) < 4.78 is 27.2. The number of hydrogen-bond donors (Lipinski definition) is 1. The Labute approximate surface area is 177 Å². The Morgan fingerprint density at radius 2 is 1.83 bits per heavy atom. The number of aliphatic carboxylic acids is 1. The van der Waals surface area contributed by atoms with Crippen LogP contribution < -0.4 is 4.31 Å². The lowest BCUT2D eigenvalue weighted by atomic mass is 10.1. The molecule has 2 aromatic carbocycles. The van der Waals surface area contributed by atoms with Crippen LogP contribution in [-0.2, 0) is 21.2 Å². The minimum Gasteiger partial charge on any atom is -0.478 e. The topological polar surface area (TPSA) is 87.6 Å². The maximum Gasteiger partial charge on any atom is 0.329 e. The fourth-order valence-electron chi connectivity index (χ4n) is 2.63. The summed E-state index contributed by atoms with van der Waals surface area (Å²) in [6, 6.07) is 15.9. The van der Waals surface area contributed by atoms with Crippen molar-refractivity contribution in [3.05, 3.63) is 81.5 Å². The molecule has 0 atom stereocenters. The third-order valence-corrected chi connectivity index (χ3v) is 7.29. The Morgan fingerprint density at radius 3 is 2.48 bits per heavy atom. The fraction of sp³-hybridized carbons (Fsp3) is 0.100. The second-order valence-corrected chi connectivity index (χ2v) is 9.34. The molecule has 0 bridgehead atoms. The molecule has 0 amide bonds. The van der Waals surface area contributed by atoms with Crippen molar-refractivity contribution >= 4 is 44.1 Å². The smallest absolute Gasteiger partial charge is 0.329 e. The van der Waals surface area contributed by atoms with E-state index in [4.69, 9.17) is 11.6 Å². The fourth-order valence-corrected chi connectivity index (χ4v) is 5.18. The van der Waals surface area contributed by atoms with Crippen molar-refractivity contribution in [1.82, 2.24) is 4.98 Å². The third kappa shape index (κ3) is 4.84. The predicted molar refractivity (Wildman–Crippen MR) is 116 cm³/mol. The summed E-state index contributed by atoms with van der Waals surface area (Å²) in [5, 5.41) is 11.6. The molecule has 0 saturated heterocycles. The van der Waals surface area contributed by atoms with E-state index in [9.17, 15) is 18.3 Å². The van der Waals surface area contributed by atoms with Crippen molar-refractivity contribution in [3.63, 3.8) is 0 Å². The number of hydrogen-bond acceptors (Lipinski definition) is 5. The molecule has 0 aliphatic rings. The summed E-state index contributed by atoms with van der Waals surface area (Å²) >= 11 is 7.33. The van der Waals surface area contributed by atoms with Crippen LogP contribution in [0.15, 0.2) is 71.0 Å². The van der Waals surface area contributed by atoms with E-state index in [0.29, 0.717) is 21.8 Å². The monoisotopic (exact) mass is 448 g/mol. The predicted octanol–water partition coefficient (Wildman–Crippen LogP) is 4.44. The number of benzene rings is 2. The normalized spacial score (nSPS) is 12.0. The van der Waals surface area contributed by atoms with Gasteiger partial charge in [-0.1, -0.05) is 60.1 Å². The van der Waals surface area contributed by atoms with Gasteiger partial charge in [-0.05, 0) is 11.6 Å². The molecule has 3 rings (SSSR count). The molecule has 0 aliphatic heterocycles. The number of halogens is 1. The standard InChI is InChI=1S/C20H17ClN2O4S2/c1-23(20-22-18(13-28-20)16-9-5-6-10-17(16)21)29(26,27)15(12-19(24)25)11-14-7-3-2-4-8-14/h2-10,12-13H,11H2,1H3,(H,24,25)/b15-12-. The van der Waals surface area contributed by atoms with Gasteiger partial charge in [0.1, 0.15) is 0 Å². The van der Waals surface area contributed by atoms with Gasteiger partial charge in [-0.25, -0.2) is 22.5 Å². The van der Waals surface area contributed by atoms with Crippen molar-refractivity contribution in [2.45, 2.75) is 6.42 Å². The molecule has 1 heterocycles. The van der Waals surface area contributed by atoms with Gasteiger partial charge in [-0.2, -0.15) is 0 Å². The Balaban J connectivity index is 1.94. The molecule has 0 saturated carbocycles. The molecule has 0 unspecified atom stereocenters. The summed E-state index contributed by atoms with van der Waals surface area (Å²) in [5.74, 6) is -1.33. The van der Waals surface area contributed by atoms with Crippen LogP contribution in [-0.4, -0.2) is 31.5 Å². The van der Waals surface area contributed by atoms with Crippen molar-refractivity contribution in [2.24, 2.45) is 0 Å². The highest BCUT2D eigenvalue weighted by Gasteiger charge is 2.27. The summed E-state index contributed by atoms with van der Waals surface area (Å²) in [5.41, 5.74) is 1.92. The SMILES string of the molecule is CN(c1nc(-c2ccccc2Cl)cs1)S(=O)(=O)/C(=C\C(=O)O)Cc1ccccc1. The molecule has 1 N–H and O–H groups in total. The molecule has 3 aromatic rings. The van der Waals surface area contributed by atoms with Crippen LogP contribution in [0.25, 0.3) is 11.3 Å². The molecular weight excluding hydrogens is 432 g/mol. The van der Waals surface area contributed by atoms with Gasteiger partial charge in [0.05, 0.1) is 10.6 Å². The van der Waals surface area contributed by atoms with Gasteiger partial charge >= 0.3 is 5.97 Å². The van der Waals surface area contributed by atoms with E-state index < -0.39 is 16.0 Å². The maximum absolute atomic E-state index is 13.1. The van der Waals surface area contributed by atoms with Crippen LogP contribution in [0, 0.1) is 0 Å². The Bertz CT molecular complexity index is 1160. The second-order valence-electron chi connectivity index (χ2n) is 6.08. The Morgan fingerprint density at radius 1 is 1.17 bits per heavy atom. The number of nitrogens with zero attached hydrogens (tertiary/aromatic N) is 2. The van der Waals surface area contributed by atoms with Gasteiger partial charge in [0.25, 0.3) is 10.0 Å². The molecule has 1 aromatic heterocycles. The molecule has 29 heavy (non-hydrogen) atoms. The largest absolute Gasteiger partial charge is 0.478 e. The van der Waals surface area contributed by atoms with E-state index in [0.717, 1.165) is 21.7 Å².